The molecule has 0 radical (unpaired) electrons. The van der Waals surface area contributed by atoms with Gasteiger partial charge in [-0.15, -0.1) is 0 Å². The van der Waals surface area contributed by atoms with Crippen LogP contribution in [0.4, 0.5) is 5.69 Å². The molecule has 18 heavy (non-hydrogen) atoms. The van der Waals surface area contributed by atoms with Crippen LogP contribution in [0.3, 0.4) is 0 Å². The second kappa shape index (κ2) is 4.52. The lowest BCUT2D eigenvalue weighted by molar-refractivity contribution is 0.102. The quantitative estimate of drug-likeness (QED) is 0.852. The number of pyridine rings is 1. The van der Waals surface area contributed by atoms with Gasteiger partial charge in [0.2, 0.25) is 0 Å². The van der Waals surface area contributed by atoms with E-state index >= 15 is 0 Å². The van der Waals surface area contributed by atoms with Gasteiger partial charge in [-0.05, 0) is 32.9 Å². The van der Waals surface area contributed by atoms with Crippen molar-refractivity contribution in [2.75, 3.05) is 5.32 Å². The number of H-pyrrole nitrogens is 1. The van der Waals surface area contributed by atoms with Crippen LogP contribution in [-0.2, 0) is 0 Å². The maximum Gasteiger partial charge on any atom is 0.271 e. The lowest BCUT2D eigenvalue weighted by Gasteiger charge is -2.03. The molecule has 2 heterocycles. The summed E-state index contributed by atoms with van der Waals surface area (Å²) in [4.78, 5) is 26.1. The van der Waals surface area contributed by atoms with Crippen LogP contribution >= 0.6 is 0 Å². The molecule has 2 aromatic rings. The Kier molecular flexibility index (Phi) is 3.06. The van der Waals surface area contributed by atoms with E-state index in [1.165, 1.54) is 6.20 Å². The standard InChI is InChI=1S/C13H14N2O3/c1-7-8(2)18-9(3)11(7)13(17)15-10-5-4-6-14-12(10)16/h4-6H,1-3H3,(H,14,16)(H,15,17). The number of hydrogen-bond acceptors (Lipinski definition) is 3. The molecule has 0 aliphatic rings. The molecular weight excluding hydrogens is 232 g/mol. The normalized spacial score (nSPS) is 10.4. The van der Waals surface area contributed by atoms with Gasteiger partial charge >= 0.3 is 0 Å². The molecule has 94 valence electrons. The fourth-order valence-corrected chi connectivity index (χ4v) is 1.83. The van der Waals surface area contributed by atoms with E-state index in [2.05, 4.69) is 10.3 Å². The first-order valence-electron chi connectivity index (χ1n) is 5.56. The molecule has 0 spiro atoms. The second-order valence-corrected chi connectivity index (χ2v) is 4.08. The number of anilines is 1. The largest absolute Gasteiger partial charge is 0.466 e. The fourth-order valence-electron chi connectivity index (χ4n) is 1.83. The number of hydrogen-bond donors (Lipinski definition) is 2. The molecular formula is C13H14N2O3. The van der Waals surface area contributed by atoms with Crippen molar-refractivity contribution in [1.29, 1.82) is 0 Å². The van der Waals surface area contributed by atoms with Crippen molar-refractivity contribution in [1.82, 2.24) is 4.98 Å². The molecule has 0 aliphatic heterocycles. The Morgan fingerprint density at radius 3 is 2.56 bits per heavy atom. The summed E-state index contributed by atoms with van der Waals surface area (Å²) in [6.45, 7) is 5.34. The zero-order chi connectivity index (χ0) is 13.3. The van der Waals surface area contributed by atoms with Crippen molar-refractivity contribution < 1.29 is 9.21 Å². The third kappa shape index (κ3) is 2.07. The highest BCUT2D eigenvalue weighted by molar-refractivity contribution is 6.06. The van der Waals surface area contributed by atoms with Gasteiger partial charge in [-0.3, -0.25) is 9.59 Å². The average molecular weight is 246 g/mol. The number of rotatable bonds is 2. The van der Waals surface area contributed by atoms with Crippen LogP contribution in [0.15, 0.2) is 27.5 Å². The Balaban J connectivity index is 2.34. The van der Waals surface area contributed by atoms with E-state index < -0.39 is 0 Å². The SMILES string of the molecule is Cc1oc(C)c(C(=O)Nc2ccc[nH]c2=O)c1C. The fraction of sp³-hybridized carbons (Fsp3) is 0.231. The van der Waals surface area contributed by atoms with Crippen LogP contribution in [0, 0.1) is 20.8 Å². The summed E-state index contributed by atoms with van der Waals surface area (Å²) < 4.78 is 5.39. The monoisotopic (exact) mass is 246 g/mol. The third-order valence-electron chi connectivity index (χ3n) is 2.85. The van der Waals surface area contributed by atoms with Crippen molar-refractivity contribution in [3.05, 3.63) is 51.3 Å². The van der Waals surface area contributed by atoms with E-state index in [1.807, 2.05) is 6.92 Å². The van der Waals surface area contributed by atoms with E-state index in [-0.39, 0.29) is 17.2 Å². The van der Waals surface area contributed by atoms with Crippen LogP contribution in [0.1, 0.15) is 27.4 Å². The first-order valence-corrected chi connectivity index (χ1v) is 5.56. The predicted molar refractivity (Wildman–Crippen MR) is 67.9 cm³/mol. The molecule has 0 bridgehead atoms. The van der Waals surface area contributed by atoms with E-state index in [1.54, 1.807) is 26.0 Å². The molecule has 0 atom stereocenters. The van der Waals surface area contributed by atoms with E-state index in [9.17, 15) is 9.59 Å². The maximum absolute atomic E-state index is 12.1. The Bertz CT molecular complexity index is 652. The van der Waals surface area contributed by atoms with Crippen LogP contribution in [0.25, 0.3) is 0 Å². The van der Waals surface area contributed by atoms with Gasteiger partial charge in [-0.25, -0.2) is 0 Å². The minimum Gasteiger partial charge on any atom is -0.466 e. The van der Waals surface area contributed by atoms with Crippen molar-refractivity contribution in [2.24, 2.45) is 0 Å². The van der Waals surface area contributed by atoms with Gasteiger partial charge in [0, 0.05) is 11.8 Å². The van der Waals surface area contributed by atoms with Crippen LogP contribution in [-0.4, -0.2) is 10.9 Å². The minimum absolute atomic E-state index is 0.222. The van der Waals surface area contributed by atoms with Gasteiger partial charge in [-0.1, -0.05) is 0 Å². The van der Waals surface area contributed by atoms with Crippen molar-refractivity contribution >= 4 is 11.6 Å². The summed E-state index contributed by atoms with van der Waals surface area (Å²) in [6, 6.07) is 3.20. The molecule has 0 fully saturated rings. The highest BCUT2D eigenvalue weighted by atomic mass is 16.3. The maximum atomic E-state index is 12.1. The Hall–Kier alpha value is -2.30. The van der Waals surface area contributed by atoms with Gasteiger partial charge in [0.15, 0.2) is 0 Å². The number of carbonyl (C=O) groups excluding carboxylic acids is 1. The first-order chi connectivity index (χ1) is 8.50. The van der Waals surface area contributed by atoms with E-state index in [4.69, 9.17) is 4.42 Å². The number of aryl methyl sites for hydroxylation is 2. The van der Waals surface area contributed by atoms with Crippen molar-refractivity contribution in [2.45, 2.75) is 20.8 Å². The summed E-state index contributed by atoms with van der Waals surface area (Å²) in [5, 5.41) is 2.58. The first kappa shape index (κ1) is 12.2. The summed E-state index contributed by atoms with van der Waals surface area (Å²) in [5.41, 5.74) is 1.16. The summed E-state index contributed by atoms with van der Waals surface area (Å²) >= 11 is 0. The van der Waals surface area contributed by atoms with Gasteiger partial charge in [0.05, 0.1) is 5.56 Å². The average Bonchev–Trinajstić information content (AvgIpc) is 2.56. The molecule has 2 aromatic heterocycles. The molecule has 0 saturated carbocycles. The van der Waals surface area contributed by atoms with Gasteiger partial charge < -0.3 is 14.7 Å². The van der Waals surface area contributed by atoms with Crippen molar-refractivity contribution in [3.8, 4) is 0 Å². The third-order valence-corrected chi connectivity index (χ3v) is 2.85. The molecule has 5 nitrogen and oxygen atoms in total. The number of aromatic nitrogens is 1. The molecule has 0 aromatic carbocycles. The molecule has 0 saturated heterocycles. The van der Waals surface area contributed by atoms with Gasteiger partial charge in [-0.2, -0.15) is 0 Å². The molecule has 5 heteroatoms. The van der Waals surface area contributed by atoms with Crippen molar-refractivity contribution in [3.63, 3.8) is 0 Å². The number of amides is 1. The summed E-state index contributed by atoms with van der Waals surface area (Å²) in [6.07, 6.45) is 1.51. The Morgan fingerprint density at radius 1 is 1.28 bits per heavy atom. The number of nitrogens with one attached hydrogen (secondary N) is 2. The van der Waals surface area contributed by atoms with E-state index in [0.29, 0.717) is 17.1 Å². The Labute approximate surface area is 104 Å². The van der Waals surface area contributed by atoms with Gasteiger partial charge in [0.1, 0.15) is 17.2 Å². The van der Waals surface area contributed by atoms with Crippen LogP contribution < -0.4 is 10.9 Å². The predicted octanol–water partition coefficient (Wildman–Crippen LogP) is 2.15. The smallest absolute Gasteiger partial charge is 0.271 e. The molecule has 1 amide bonds. The van der Waals surface area contributed by atoms with E-state index in [0.717, 1.165) is 5.56 Å². The molecule has 0 aliphatic carbocycles. The zero-order valence-corrected chi connectivity index (χ0v) is 10.5. The second-order valence-electron chi connectivity index (χ2n) is 4.08. The molecule has 2 N–H and O–H groups in total. The number of furan rings is 1. The number of carbonyl (C=O) groups is 1. The minimum atomic E-state index is -0.335. The van der Waals surface area contributed by atoms with Gasteiger partial charge in [0.25, 0.3) is 11.5 Å². The Morgan fingerprint density at radius 2 is 2.00 bits per heavy atom. The highest BCUT2D eigenvalue weighted by Gasteiger charge is 2.19. The van der Waals surface area contributed by atoms with Crippen LogP contribution in [0.5, 0.6) is 0 Å². The highest BCUT2D eigenvalue weighted by Crippen LogP contribution is 2.21. The lowest BCUT2D eigenvalue weighted by atomic mass is 10.1. The molecule has 2 rings (SSSR count). The van der Waals surface area contributed by atoms with Crippen LogP contribution in [0.2, 0.25) is 0 Å². The topological polar surface area (TPSA) is 75.1 Å². The zero-order valence-electron chi connectivity index (χ0n) is 10.5. The number of aromatic amines is 1. The molecule has 0 unspecified atom stereocenters. The lowest BCUT2D eigenvalue weighted by Crippen LogP contribution is -2.20. The summed E-state index contributed by atoms with van der Waals surface area (Å²) in [7, 11) is 0. The summed E-state index contributed by atoms with van der Waals surface area (Å²) in [5.74, 6) is 0.924.